The standard InChI is InChI=1S/C21H21Cl2F3N4O2/c22-15-5-3-7-17(20(15)23)28-19(32)13-30-10-8-29(9-11-30)12-18(31)27-16-6-2-1-4-14(16)21(24,25)26/h1-7H,8-13H2,(H,27,31)(H,28,32). The Balaban J connectivity index is 1.45. The second-order valence-electron chi connectivity index (χ2n) is 7.29. The van der Waals surface area contributed by atoms with E-state index in [9.17, 15) is 22.8 Å². The van der Waals surface area contributed by atoms with Gasteiger partial charge in [0.2, 0.25) is 11.8 Å². The molecule has 0 spiro atoms. The van der Waals surface area contributed by atoms with Gasteiger partial charge in [-0.2, -0.15) is 13.2 Å². The highest BCUT2D eigenvalue weighted by atomic mass is 35.5. The first kappa shape index (κ1) is 24.3. The molecule has 32 heavy (non-hydrogen) atoms. The number of anilines is 2. The van der Waals surface area contributed by atoms with E-state index < -0.39 is 17.6 Å². The first-order valence-electron chi connectivity index (χ1n) is 9.78. The lowest BCUT2D eigenvalue weighted by atomic mass is 10.1. The molecule has 1 heterocycles. The maximum atomic E-state index is 13.1. The van der Waals surface area contributed by atoms with E-state index in [1.54, 1.807) is 18.2 Å². The monoisotopic (exact) mass is 488 g/mol. The van der Waals surface area contributed by atoms with Gasteiger partial charge in [-0.25, -0.2) is 0 Å². The number of carbonyl (C=O) groups excluding carboxylic acids is 2. The molecule has 0 aromatic heterocycles. The van der Waals surface area contributed by atoms with Gasteiger partial charge in [0.15, 0.2) is 0 Å². The van der Waals surface area contributed by atoms with Crippen LogP contribution in [0, 0.1) is 0 Å². The van der Waals surface area contributed by atoms with Crippen LogP contribution in [-0.2, 0) is 15.8 Å². The molecule has 11 heteroatoms. The molecule has 0 radical (unpaired) electrons. The molecule has 0 bridgehead atoms. The van der Waals surface area contributed by atoms with Gasteiger partial charge in [-0.05, 0) is 24.3 Å². The summed E-state index contributed by atoms with van der Waals surface area (Å²) in [6.07, 6.45) is -4.55. The molecule has 2 aromatic carbocycles. The molecule has 6 nitrogen and oxygen atoms in total. The number of nitrogens with zero attached hydrogens (tertiary/aromatic N) is 2. The number of carbonyl (C=O) groups is 2. The minimum absolute atomic E-state index is 0.0374. The van der Waals surface area contributed by atoms with Crippen LogP contribution < -0.4 is 10.6 Å². The predicted octanol–water partition coefficient (Wildman–Crippen LogP) is 4.21. The van der Waals surface area contributed by atoms with Gasteiger partial charge in [-0.3, -0.25) is 19.4 Å². The molecule has 1 aliphatic heterocycles. The summed E-state index contributed by atoms with van der Waals surface area (Å²) in [5.41, 5.74) is -0.720. The van der Waals surface area contributed by atoms with Crippen molar-refractivity contribution >= 4 is 46.4 Å². The van der Waals surface area contributed by atoms with Crippen LogP contribution in [0.3, 0.4) is 0 Å². The number of rotatable bonds is 6. The molecular weight excluding hydrogens is 468 g/mol. The average molecular weight is 489 g/mol. The van der Waals surface area contributed by atoms with Crippen LogP contribution in [0.2, 0.25) is 10.0 Å². The molecule has 0 saturated carbocycles. The molecule has 2 aromatic rings. The van der Waals surface area contributed by atoms with Gasteiger partial charge < -0.3 is 10.6 Å². The molecule has 0 atom stereocenters. The smallest absolute Gasteiger partial charge is 0.324 e. The Morgan fingerprint density at radius 3 is 1.88 bits per heavy atom. The van der Waals surface area contributed by atoms with Gasteiger partial charge in [-0.15, -0.1) is 0 Å². The van der Waals surface area contributed by atoms with Crippen LogP contribution in [0.5, 0.6) is 0 Å². The Kier molecular flexibility index (Phi) is 8.00. The Hall–Kier alpha value is -2.33. The summed E-state index contributed by atoms with van der Waals surface area (Å²) in [5, 5.41) is 5.67. The van der Waals surface area contributed by atoms with E-state index in [4.69, 9.17) is 23.2 Å². The van der Waals surface area contributed by atoms with E-state index in [0.29, 0.717) is 36.9 Å². The largest absolute Gasteiger partial charge is 0.418 e. The van der Waals surface area contributed by atoms with Gasteiger partial charge in [-0.1, -0.05) is 41.4 Å². The Bertz CT molecular complexity index is 980. The fraction of sp³-hybridized carbons (Fsp3) is 0.333. The quantitative estimate of drug-likeness (QED) is 0.639. The molecule has 3 rings (SSSR count). The second kappa shape index (κ2) is 10.5. The first-order chi connectivity index (χ1) is 15.1. The van der Waals surface area contributed by atoms with Crippen molar-refractivity contribution in [2.24, 2.45) is 0 Å². The van der Waals surface area contributed by atoms with Crippen LogP contribution in [0.25, 0.3) is 0 Å². The van der Waals surface area contributed by atoms with Crippen molar-refractivity contribution in [3.05, 3.63) is 58.1 Å². The van der Waals surface area contributed by atoms with Gasteiger partial charge in [0.25, 0.3) is 0 Å². The second-order valence-corrected chi connectivity index (χ2v) is 8.08. The number of para-hydroxylation sites is 1. The number of halogens is 5. The van der Waals surface area contributed by atoms with E-state index in [1.165, 1.54) is 18.2 Å². The van der Waals surface area contributed by atoms with Crippen LogP contribution >= 0.6 is 23.2 Å². The summed E-state index contributed by atoms with van der Waals surface area (Å²) >= 11 is 12.0. The van der Waals surface area contributed by atoms with Crippen molar-refractivity contribution in [1.82, 2.24) is 9.80 Å². The highest BCUT2D eigenvalue weighted by Crippen LogP contribution is 2.34. The van der Waals surface area contributed by atoms with E-state index in [0.717, 1.165) is 6.07 Å². The fourth-order valence-corrected chi connectivity index (χ4v) is 3.68. The topological polar surface area (TPSA) is 64.7 Å². The minimum Gasteiger partial charge on any atom is -0.324 e. The summed E-state index contributed by atoms with van der Waals surface area (Å²) in [4.78, 5) is 28.3. The van der Waals surface area contributed by atoms with Crippen molar-refractivity contribution in [2.45, 2.75) is 6.18 Å². The average Bonchev–Trinajstić information content (AvgIpc) is 2.72. The van der Waals surface area contributed by atoms with Crippen molar-refractivity contribution in [3.63, 3.8) is 0 Å². The Labute approximate surface area is 193 Å². The highest BCUT2D eigenvalue weighted by Gasteiger charge is 2.33. The van der Waals surface area contributed by atoms with E-state index >= 15 is 0 Å². The maximum Gasteiger partial charge on any atom is 0.418 e. The van der Waals surface area contributed by atoms with Crippen LogP contribution in [0.4, 0.5) is 24.5 Å². The van der Waals surface area contributed by atoms with Crippen LogP contribution in [-0.4, -0.2) is 60.9 Å². The van der Waals surface area contributed by atoms with Crippen LogP contribution in [0.1, 0.15) is 5.56 Å². The zero-order valence-corrected chi connectivity index (χ0v) is 18.4. The van der Waals surface area contributed by atoms with Crippen LogP contribution in [0.15, 0.2) is 42.5 Å². The summed E-state index contributed by atoms with van der Waals surface area (Å²) in [6.45, 7) is 2.16. The van der Waals surface area contributed by atoms with Gasteiger partial charge in [0.05, 0.1) is 40.1 Å². The lowest BCUT2D eigenvalue weighted by Crippen LogP contribution is -2.50. The maximum absolute atomic E-state index is 13.1. The first-order valence-corrected chi connectivity index (χ1v) is 10.5. The molecule has 172 valence electrons. The molecular formula is C21H21Cl2F3N4O2. The minimum atomic E-state index is -4.55. The number of amides is 2. The zero-order chi connectivity index (χ0) is 23.3. The predicted molar refractivity (Wildman–Crippen MR) is 118 cm³/mol. The number of alkyl halides is 3. The summed E-state index contributed by atoms with van der Waals surface area (Å²) < 4.78 is 39.2. The van der Waals surface area contributed by atoms with Gasteiger partial charge in [0, 0.05) is 26.2 Å². The number of nitrogens with one attached hydrogen (secondary N) is 2. The molecule has 0 aliphatic carbocycles. The number of benzene rings is 2. The van der Waals surface area contributed by atoms with Gasteiger partial charge in [0.1, 0.15) is 0 Å². The zero-order valence-electron chi connectivity index (χ0n) is 16.9. The third-order valence-electron chi connectivity index (χ3n) is 4.93. The summed E-state index contributed by atoms with van der Waals surface area (Å²) in [5.74, 6) is -0.771. The third kappa shape index (κ3) is 6.59. The SMILES string of the molecule is O=C(CN1CCN(CC(=O)Nc2cccc(Cl)c2Cl)CC1)Nc1ccccc1C(F)(F)F. The number of piperazine rings is 1. The summed E-state index contributed by atoms with van der Waals surface area (Å²) in [6, 6.07) is 9.82. The molecule has 1 saturated heterocycles. The third-order valence-corrected chi connectivity index (χ3v) is 5.75. The van der Waals surface area contributed by atoms with E-state index in [2.05, 4.69) is 10.6 Å². The van der Waals surface area contributed by atoms with E-state index in [-0.39, 0.29) is 29.7 Å². The molecule has 1 fully saturated rings. The number of hydrogen-bond donors (Lipinski definition) is 2. The normalized spacial score (nSPS) is 15.4. The molecule has 2 N–H and O–H groups in total. The number of hydrogen-bond acceptors (Lipinski definition) is 4. The van der Waals surface area contributed by atoms with Crippen molar-refractivity contribution in [1.29, 1.82) is 0 Å². The molecule has 0 unspecified atom stereocenters. The van der Waals surface area contributed by atoms with Crippen molar-refractivity contribution in [3.8, 4) is 0 Å². The van der Waals surface area contributed by atoms with Crippen molar-refractivity contribution in [2.75, 3.05) is 49.9 Å². The van der Waals surface area contributed by atoms with E-state index in [1.807, 2.05) is 9.80 Å². The lowest BCUT2D eigenvalue weighted by Gasteiger charge is -2.33. The Morgan fingerprint density at radius 2 is 1.31 bits per heavy atom. The molecule has 1 aliphatic rings. The van der Waals surface area contributed by atoms with Crippen molar-refractivity contribution < 1.29 is 22.8 Å². The highest BCUT2D eigenvalue weighted by molar-refractivity contribution is 6.44. The Morgan fingerprint density at radius 1 is 0.812 bits per heavy atom. The van der Waals surface area contributed by atoms with Gasteiger partial charge >= 0.3 is 6.18 Å². The molecule has 2 amide bonds. The fourth-order valence-electron chi connectivity index (χ4n) is 3.33. The summed E-state index contributed by atoms with van der Waals surface area (Å²) in [7, 11) is 0. The lowest BCUT2D eigenvalue weighted by molar-refractivity contribution is -0.137.